The van der Waals surface area contributed by atoms with Gasteiger partial charge in [-0.3, -0.25) is 9.59 Å². The van der Waals surface area contributed by atoms with Crippen LogP contribution >= 0.6 is 0 Å². The third-order valence-corrected chi connectivity index (χ3v) is 7.03. The fraction of sp³-hybridized carbons (Fsp3) is 0.667. The van der Waals surface area contributed by atoms with Crippen molar-refractivity contribution >= 4 is 11.8 Å². The Kier molecular flexibility index (Phi) is 5.84. The minimum Gasteiger partial charge on any atom is -0.487 e. The molecule has 1 saturated carbocycles. The van der Waals surface area contributed by atoms with Crippen molar-refractivity contribution < 1.29 is 14.3 Å². The van der Waals surface area contributed by atoms with Gasteiger partial charge in [0.15, 0.2) is 0 Å². The number of carbonyl (C=O) groups is 2. The molecule has 158 valence electrons. The largest absolute Gasteiger partial charge is 0.487 e. The zero-order valence-corrected chi connectivity index (χ0v) is 17.9. The molecule has 2 aliphatic heterocycles. The van der Waals surface area contributed by atoms with Gasteiger partial charge in [-0.25, -0.2) is 0 Å². The fourth-order valence-corrected chi connectivity index (χ4v) is 5.01. The number of benzene rings is 1. The molecular weight excluding hydrogens is 364 g/mol. The molecule has 1 spiro atoms. The molecular formula is C24H34N2O3. The van der Waals surface area contributed by atoms with Gasteiger partial charge in [0.05, 0.1) is 0 Å². The van der Waals surface area contributed by atoms with E-state index in [9.17, 15) is 9.59 Å². The molecule has 4 rings (SSSR count). The molecule has 5 nitrogen and oxygen atoms in total. The first kappa shape index (κ1) is 20.2. The van der Waals surface area contributed by atoms with Gasteiger partial charge in [-0.05, 0) is 50.7 Å². The summed E-state index contributed by atoms with van der Waals surface area (Å²) in [5.41, 5.74) is 0.907. The Hall–Kier alpha value is -2.04. The average molecular weight is 399 g/mol. The summed E-state index contributed by atoms with van der Waals surface area (Å²) in [6, 6.07) is 8.19. The molecule has 2 heterocycles. The Morgan fingerprint density at radius 1 is 1.10 bits per heavy atom. The van der Waals surface area contributed by atoms with Crippen LogP contribution in [0.15, 0.2) is 24.3 Å². The number of para-hydroxylation sites is 1. The maximum atomic E-state index is 12.8. The first-order chi connectivity index (χ1) is 14.0. The number of carbonyl (C=O) groups excluding carboxylic acids is 2. The van der Waals surface area contributed by atoms with Crippen LogP contribution in [0.5, 0.6) is 5.75 Å². The lowest BCUT2D eigenvalue weighted by Crippen LogP contribution is -2.52. The molecule has 1 aromatic carbocycles. The maximum absolute atomic E-state index is 12.8. The second-order valence-electron chi connectivity index (χ2n) is 9.02. The van der Waals surface area contributed by atoms with Gasteiger partial charge < -0.3 is 14.5 Å². The topological polar surface area (TPSA) is 49.9 Å². The molecule has 5 heteroatoms. The van der Waals surface area contributed by atoms with Gasteiger partial charge in [0, 0.05) is 57.8 Å². The van der Waals surface area contributed by atoms with Crippen LogP contribution in [-0.2, 0) is 9.59 Å². The number of fused-ring (bicyclic) bond motifs is 1. The van der Waals surface area contributed by atoms with E-state index < -0.39 is 0 Å². The molecule has 0 N–H and O–H groups in total. The highest BCUT2D eigenvalue weighted by atomic mass is 16.5. The van der Waals surface area contributed by atoms with Crippen molar-refractivity contribution in [3.8, 4) is 5.75 Å². The molecule has 0 radical (unpaired) electrons. The van der Waals surface area contributed by atoms with Crippen molar-refractivity contribution in [3.63, 3.8) is 0 Å². The summed E-state index contributed by atoms with van der Waals surface area (Å²) in [6.45, 7) is 7.12. The van der Waals surface area contributed by atoms with Crippen molar-refractivity contribution in [1.82, 2.24) is 9.80 Å². The minimum atomic E-state index is -0.251. The summed E-state index contributed by atoms with van der Waals surface area (Å²) in [7, 11) is 0. The molecule has 1 atom stereocenters. The lowest BCUT2D eigenvalue weighted by Gasteiger charge is -2.47. The van der Waals surface area contributed by atoms with Crippen LogP contribution in [0.1, 0.15) is 70.3 Å². The smallest absolute Gasteiger partial charge is 0.223 e. The van der Waals surface area contributed by atoms with Crippen LogP contribution in [0.4, 0.5) is 0 Å². The fourth-order valence-electron chi connectivity index (χ4n) is 5.01. The highest BCUT2D eigenvalue weighted by molar-refractivity contribution is 5.77. The van der Waals surface area contributed by atoms with Crippen molar-refractivity contribution in [2.75, 3.05) is 26.2 Å². The molecule has 3 aliphatic rings. The normalized spacial score (nSPS) is 22.7. The summed E-state index contributed by atoms with van der Waals surface area (Å²) in [6.07, 6.45) is 6.26. The van der Waals surface area contributed by atoms with E-state index in [1.54, 1.807) is 0 Å². The maximum Gasteiger partial charge on any atom is 0.223 e. The Morgan fingerprint density at radius 2 is 1.79 bits per heavy atom. The summed E-state index contributed by atoms with van der Waals surface area (Å²) in [5.74, 6) is 2.28. The number of hydrogen-bond acceptors (Lipinski definition) is 3. The first-order valence-corrected chi connectivity index (χ1v) is 11.4. The van der Waals surface area contributed by atoms with E-state index in [4.69, 9.17) is 4.74 Å². The molecule has 1 aliphatic carbocycles. The van der Waals surface area contributed by atoms with E-state index in [1.165, 1.54) is 12.8 Å². The van der Waals surface area contributed by atoms with Gasteiger partial charge in [-0.1, -0.05) is 18.2 Å². The van der Waals surface area contributed by atoms with Gasteiger partial charge in [0.2, 0.25) is 11.8 Å². The van der Waals surface area contributed by atoms with Crippen LogP contribution in [0.25, 0.3) is 0 Å². The Morgan fingerprint density at radius 3 is 2.45 bits per heavy atom. The quantitative estimate of drug-likeness (QED) is 0.728. The van der Waals surface area contributed by atoms with Crippen molar-refractivity contribution in [2.24, 2.45) is 5.92 Å². The highest BCUT2D eigenvalue weighted by Gasteiger charge is 2.44. The van der Waals surface area contributed by atoms with Crippen LogP contribution in [-0.4, -0.2) is 53.4 Å². The van der Waals surface area contributed by atoms with E-state index in [2.05, 4.69) is 6.07 Å². The molecule has 0 aromatic heterocycles. The summed E-state index contributed by atoms with van der Waals surface area (Å²) in [4.78, 5) is 29.3. The third-order valence-electron chi connectivity index (χ3n) is 7.03. The van der Waals surface area contributed by atoms with E-state index >= 15 is 0 Å². The second kappa shape index (κ2) is 8.37. The van der Waals surface area contributed by atoms with Crippen molar-refractivity contribution in [1.29, 1.82) is 0 Å². The number of likely N-dealkylation sites (tertiary alicyclic amines) is 1. The number of amides is 2. The predicted octanol–water partition coefficient (Wildman–Crippen LogP) is 3.97. The molecule has 0 unspecified atom stereocenters. The molecule has 0 bridgehead atoms. The Balaban J connectivity index is 1.46. The van der Waals surface area contributed by atoms with Gasteiger partial charge in [0.25, 0.3) is 0 Å². The van der Waals surface area contributed by atoms with E-state index in [-0.39, 0.29) is 17.4 Å². The van der Waals surface area contributed by atoms with Gasteiger partial charge in [0.1, 0.15) is 11.4 Å². The predicted molar refractivity (Wildman–Crippen MR) is 113 cm³/mol. The van der Waals surface area contributed by atoms with Gasteiger partial charge >= 0.3 is 0 Å². The molecule has 1 saturated heterocycles. The average Bonchev–Trinajstić information content (AvgIpc) is 3.53. The zero-order valence-electron chi connectivity index (χ0n) is 17.9. The monoisotopic (exact) mass is 398 g/mol. The molecule has 2 amide bonds. The lowest BCUT2D eigenvalue weighted by atomic mass is 9.76. The zero-order chi connectivity index (χ0) is 20.4. The summed E-state index contributed by atoms with van der Waals surface area (Å²) in [5, 5.41) is 0. The van der Waals surface area contributed by atoms with Crippen molar-refractivity contribution in [3.05, 3.63) is 29.8 Å². The third kappa shape index (κ3) is 4.44. The van der Waals surface area contributed by atoms with E-state index in [0.29, 0.717) is 18.2 Å². The number of piperidine rings is 1. The Labute approximate surface area is 174 Å². The van der Waals surface area contributed by atoms with Crippen LogP contribution < -0.4 is 4.74 Å². The van der Waals surface area contributed by atoms with E-state index in [1.807, 2.05) is 41.8 Å². The van der Waals surface area contributed by atoms with Crippen molar-refractivity contribution in [2.45, 2.75) is 70.3 Å². The van der Waals surface area contributed by atoms with Crippen LogP contribution in [0, 0.1) is 5.92 Å². The van der Waals surface area contributed by atoms with Crippen LogP contribution in [0.3, 0.4) is 0 Å². The summed E-state index contributed by atoms with van der Waals surface area (Å²) >= 11 is 0. The van der Waals surface area contributed by atoms with Gasteiger partial charge in [-0.2, -0.15) is 0 Å². The first-order valence-electron chi connectivity index (χ1n) is 11.4. The summed E-state index contributed by atoms with van der Waals surface area (Å²) < 4.78 is 6.54. The van der Waals surface area contributed by atoms with E-state index in [0.717, 1.165) is 63.2 Å². The Bertz CT molecular complexity index is 746. The number of ether oxygens (including phenoxy) is 1. The molecule has 29 heavy (non-hydrogen) atoms. The number of nitrogens with zero attached hydrogens (tertiary/aromatic N) is 2. The molecule has 1 aromatic rings. The van der Waals surface area contributed by atoms with Gasteiger partial charge in [-0.15, -0.1) is 0 Å². The minimum absolute atomic E-state index is 0.182. The number of rotatable bonds is 6. The number of hydrogen-bond donors (Lipinski definition) is 0. The lowest BCUT2D eigenvalue weighted by molar-refractivity contribution is -0.135. The highest BCUT2D eigenvalue weighted by Crippen LogP contribution is 2.47. The van der Waals surface area contributed by atoms with Crippen LogP contribution in [0.2, 0.25) is 0 Å². The standard InChI is InChI=1S/C24H34N2O3/c1-3-25(4-2)23(28)16-19-17-24(29-21-8-6-5-7-20(19)21)11-13-26(14-12-24)22(27)15-18-9-10-18/h5-8,18-19H,3-4,9-17H2,1-2H3/t19-/m1/s1. The second-order valence-corrected chi connectivity index (χ2v) is 9.02. The SMILES string of the molecule is CCN(CC)C(=O)C[C@@H]1CC2(CCN(C(=O)CC3CC3)CC2)Oc2ccccc21. The molecule has 2 fully saturated rings.